The number of fused-ring (bicyclic) bond motifs is 2. The van der Waals surface area contributed by atoms with Gasteiger partial charge in [-0.15, -0.1) is 0 Å². The Kier molecular flexibility index (Phi) is 8.34. The molecule has 1 aromatic heterocycles. The molecule has 0 spiro atoms. The molecule has 4 N–H and O–H groups in total. The summed E-state index contributed by atoms with van der Waals surface area (Å²) < 4.78 is 8.88. The maximum Gasteiger partial charge on any atom is 0.466 e. The highest BCUT2D eigenvalue weighted by Gasteiger charge is 2.40. The maximum atomic E-state index is 8.88. The van der Waals surface area contributed by atoms with Crippen molar-refractivity contribution in [1.82, 2.24) is 20.2 Å². The van der Waals surface area contributed by atoms with E-state index >= 15 is 0 Å². The molecule has 0 radical (unpaired) electrons. The summed E-state index contributed by atoms with van der Waals surface area (Å²) in [5.74, 6) is 0.771. The van der Waals surface area contributed by atoms with Gasteiger partial charge < -0.3 is 20.0 Å². The van der Waals surface area contributed by atoms with Crippen LogP contribution in [0.2, 0.25) is 0 Å². The SMILES string of the molecule is CCCN[C@@H]1CC[C@@H]2Cc3ncnc(C)c3CC2N1CCC.O=P(O)(O)O. The maximum absolute atomic E-state index is 8.88. The van der Waals surface area contributed by atoms with Crippen molar-refractivity contribution in [3.63, 3.8) is 0 Å². The van der Waals surface area contributed by atoms with Gasteiger partial charge >= 0.3 is 7.82 Å². The first-order valence-corrected chi connectivity index (χ1v) is 11.4. The van der Waals surface area contributed by atoms with Crippen molar-refractivity contribution in [2.75, 3.05) is 13.1 Å². The predicted octanol–water partition coefficient (Wildman–Crippen LogP) is 1.77. The van der Waals surface area contributed by atoms with E-state index in [9.17, 15) is 0 Å². The average molecular weight is 400 g/mol. The minimum Gasteiger partial charge on any atom is -0.303 e. The molecule has 0 amide bonds. The largest absolute Gasteiger partial charge is 0.466 e. The molecule has 2 heterocycles. The van der Waals surface area contributed by atoms with Crippen LogP contribution in [-0.4, -0.2) is 54.8 Å². The topological polar surface area (TPSA) is 119 Å². The molecule has 1 saturated heterocycles. The smallest absolute Gasteiger partial charge is 0.303 e. The summed E-state index contributed by atoms with van der Waals surface area (Å²) >= 11 is 0. The van der Waals surface area contributed by atoms with E-state index in [-0.39, 0.29) is 0 Å². The molecule has 3 atom stereocenters. The fourth-order valence-corrected chi connectivity index (χ4v) is 4.31. The lowest BCUT2D eigenvalue weighted by molar-refractivity contribution is 0.0171. The van der Waals surface area contributed by atoms with Crippen molar-refractivity contribution in [3.8, 4) is 0 Å². The molecule has 1 aliphatic heterocycles. The van der Waals surface area contributed by atoms with Crippen LogP contribution >= 0.6 is 7.82 Å². The Hall–Kier alpha value is -0.890. The summed E-state index contributed by atoms with van der Waals surface area (Å²) in [5.41, 5.74) is 3.91. The lowest BCUT2D eigenvalue weighted by Crippen LogP contribution is -2.59. The summed E-state index contributed by atoms with van der Waals surface area (Å²) in [6, 6.07) is 0.667. The number of hydrogen-bond acceptors (Lipinski definition) is 5. The molecule has 0 bridgehead atoms. The Morgan fingerprint density at radius 3 is 2.52 bits per heavy atom. The number of likely N-dealkylation sites (tertiary alicyclic amines) is 1. The van der Waals surface area contributed by atoms with Crippen LogP contribution < -0.4 is 5.32 Å². The molecular formula is C18H33N4O4P. The second-order valence-corrected chi connectivity index (χ2v) is 8.44. The molecule has 27 heavy (non-hydrogen) atoms. The highest BCUT2D eigenvalue weighted by atomic mass is 31.2. The molecule has 3 rings (SSSR count). The number of nitrogens with one attached hydrogen (secondary N) is 1. The second kappa shape index (κ2) is 10.0. The summed E-state index contributed by atoms with van der Waals surface area (Å²) in [5, 5.41) is 3.77. The van der Waals surface area contributed by atoms with E-state index < -0.39 is 7.82 Å². The van der Waals surface area contributed by atoms with E-state index in [0.29, 0.717) is 12.2 Å². The number of rotatable bonds is 5. The van der Waals surface area contributed by atoms with Crippen LogP contribution in [0.5, 0.6) is 0 Å². The van der Waals surface area contributed by atoms with Crippen molar-refractivity contribution in [2.24, 2.45) is 5.92 Å². The van der Waals surface area contributed by atoms with Gasteiger partial charge in [0.2, 0.25) is 0 Å². The number of nitrogens with zero attached hydrogens (tertiary/aromatic N) is 3. The summed E-state index contributed by atoms with van der Waals surface area (Å²) in [6.45, 7) is 9.01. The number of aryl methyl sites for hydroxylation is 1. The Labute approximate surface area is 161 Å². The normalized spacial score (nSPS) is 25.2. The van der Waals surface area contributed by atoms with Crippen molar-refractivity contribution >= 4 is 7.82 Å². The molecule has 2 aliphatic rings. The minimum atomic E-state index is -4.64. The van der Waals surface area contributed by atoms with Gasteiger partial charge in [0, 0.05) is 17.4 Å². The average Bonchev–Trinajstić information content (AvgIpc) is 2.59. The van der Waals surface area contributed by atoms with Gasteiger partial charge in [0.25, 0.3) is 0 Å². The molecule has 0 aromatic carbocycles. The number of hydrogen-bond donors (Lipinski definition) is 4. The first-order valence-electron chi connectivity index (χ1n) is 9.81. The number of phosphoric acid groups is 1. The highest BCUT2D eigenvalue weighted by Crippen LogP contribution is 2.36. The van der Waals surface area contributed by atoms with Crippen molar-refractivity contribution in [2.45, 2.75) is 71.5 Å². The lowest BCUT2D eigenvalue weighted by Gasteiger charge is -2.49. The van der Waals surface area contributed by atoms with Gasteiger partial charge in [-0.05, 0) is 70.0 Å². The zero-order chi connectivity index (χ0) is 20.0. The van der Waals surface area contributed by atoms with E-state index in [0.717, 1.165) is 25.3 Å². The fourth-order valence-electron chi connectivity index (χ4n) is 4.31. The molecule has 8 nitrogen and oxygen atoms in total. The van der Waals surface area contributed by atoms with E-state index in [1.54, 1.807) is 6.33 Å². The predicted molar refractivity (Wildman–Crippen MR) is 104 cm³/mol. The van der Waals surface area contributed by atoms with Crippen LogP contribution in [0.25, 0.3) is 0 Å². The number of aromatic nitrogens is 2. The van der Waals surface area contributed by atoms with Gasteiger partial charge in [0.05, 0.1) is 6.17 Å². The van der Waals surface area contributed by atoms with Gasteiger partial charge in [-0.3, -0.25) is 4.90 Å². The van der Waals surface area contributed by atoms with E-state index in [2.05, 4.69) is 41.0 Å². The first kappa shape index (κ1) is 22.4. The number of piperidine rings is 1. The molecule has 1 unspecified atom stereocenters. The van der Waals surface area contributed by atoms with Gasteiger partial charge in [-0.25, -0.2) is 14.5 Å². The third-order valence-corrected chi connectivity index (χ3v) is 5.41. The van der Waals surface area contributed by atoms with Gasteiger partial charge in [-0.1, -0.05) is 13.8 Å². The van der Waals surface area contributed by atoms with Crippen LogP contribution in [0.15, 0.2) is 6.33 Å². The Morgan fingerprint density at radius 2 is 1.89 bits per heavy atom. The van der Waals surface area contributed by atoms with E-state index in [1.165, 1.54) is 49.2 Å². The van der Waals surface area contributed by atoms with Crippen LogP contribution in [-0.2, 0) is 17.4 Å². The fraction of sp³-hybridized carbons (Fsp3) is 0.778. The molecular weight excluding hydrogens is 367 g/mol. The Bertz CT molecular complexity index is 646. The second-order valence-electron chi connectivity index (χ2n) is 7.42. The van der Waals surface area contributed by atoms with E-state index in [4.69, 9.17) is 19.2 Å². The monoisotopic (exact) mass is 400 g/mol. The zero-order valence-corrected chi connectivity index (χ0v) is 17.4. The summed E-state index contributed by atoms with van der Waals surface area (Å²) in [4.78, 5) is 33.3. The van der Waals surface area contributed by atoms with Crippen LogP contribution in [0.4, 0.5) is 0 Å². The molecule has 0 saturated carbocycles. The highest BCUT2D eigenvalue weighted by molar-refractivity contribution is 7.45. The Balaban J connectivity index is 0.000000465. The molecule has 1 aliphatic carbocycles. The summed E-state index contributed by atoms with van der Waals surface area (Å²) in [7, 11) is -4.64. The molecule has 154 valence electrons. The lowest BCUT2D eigenvalue weighted by atomic mass is 9.76. The molecule has 1 aromatic rings. The van der Waals surface area contributed by atoms with Crippen LogP contribution in [0.3, 0.4) is 0 Å². The third kappa shape index (κ3) is 6.59. The van der Waals surface area contributed by atoms with Gasteiger partial charge in [0.1, 0.15) is 6.33 Å². The standard InChI is InChI=1S/C18H30N4.H3O4P/c1-4-8-19-18-7-6-14-10-16-15(13(3)20-12-21-16)11-17(14)22(18)9-5-2;1-5(2,3)4/h12,14,17-19H,4-11H2,1-3H3;(H3,1,2,3,4)/t14-,17?,18+;/m1./s1. The van der Waals surface area contributed by atoms with Gasteiger partial charge in [-0.2, -0.15) is 0 Å². The zero-order valence-electron chi connectivity index (χ0n) is 16.5. The third-order valence-electron chi connectivity index (χ3n) is 5.41. The minimum absolute atomic E-state index is 0.563. The van der Waals surface area contributed by atoms with E-state index in [1.807, 2.05) is 0 Å². The van der Waals surface area contributed by atoms with Crippen LogP contribution in [0.1, 0.15) is 56.5 Å². The molecule has 9 heteroatoms. The van der Waals surface area contributed by atoms with Crippen molar-refractivity contribution in [1.29, 1.82) is 0 Å². The summed E-state index contributed by atoms with van der Waals surface area (Å²) in [6.07, 6.45) is 9.63. The van der Waals surface area contributed by atoms with Crippen LogP contribution in [0, 0.1) is 12.8 Å². The Morgan fingerprint density at radius 1 is 1.19 bits per heavy atom. The van der Waals surface area contributed by atoms with Crippen molar-refractivity contribution < 1.29 is 19.2 Å². The van der Waals surface area contributed by atoms with Crippen molar-refractivity contribution in [3.05, 3.63) is 23.3 Å². The first-order chi connectivity index (χ1) is 12.7. The molecule has 1 fully saturated rings. The van der Waals surface area contributed by atoms with Gasteiger partial charge in [0.15, 0.2) is 0 Å². The quantitative estimate of drug-likeness (QED) is 0.552.